The molecule has 3 aliphatic heterocycles. The van der Waals surface area contributed by atoms with E-state index in [2.05, 4.69) is 17.4 Å². The molecule has 5 rings (SSSR count). The zero-order chi connectivity index (χ0) is 33.7. The van der Waals surface area contributed by atoms with Crippen LogP contribution >= 0.6 is 0 Å². The van der Waals surface area contributed by atoms with Crippen LogP contribution in [-0.2, 0) is 16.1 Å². The summed E-state index contributed by atoms with van der Waals surface area (Å²) in [7, 11) is 0. The van der Waals surface area contributed by atoms with E-state index in [0.717, 1.165) is 43.9 Å². The number of unbranched alkanes of at least 4 members (excludes halogenated alkanes) is 6. The summed E-state index contributed by atoms with van der Waals surface area (Å²) in [5.74, 6) is -3.71. The predicted molar refractivity (Wildman–Crippen MR) is 169 cm³/mol. The number of benzene rings is 1. The van der Waals surface area contributed by atoms with E-state index in [0.29, 0.717) is 31.7 Å². The van der Waals surface area contributed by atoms with Crippen molar-refractivity contribution < 1.29 is 37.5 Å². The number of aromatic nitrogens is 1. The minimum Gasteiger partial charge on any atom is -0.434 e. The summed E-state index contributed by atoms with van der Waals surface area (Å²) in [5.41, 5.74) is -1.75. The van der Waals surface area contributed by atoms with Crippen molar-refractivity contribution in [1.29, 1.82) is 0 Å². The minimum atomic E-state index is -1.17. The van der Waals surface area contributed by atoms with Gasteiger partial charge in [-0.05, 0) is 39.2 Å². The molecule has 1 aromatic heterocycles. The molecule has 1 aromatic carbocycles. The maximum Gasteiger partial charge on any atom is 0.514 e. The number of ether oxygens (including phenoxy) is 2. The molecule has 0 aliphatic carbocycles. The standard InChI is InChI=1S/C34H42F2N4O7/c1-4-5-6-7-8-9-10-15-45-33(44)46-30-28-32(43)39-20-27(34(14-13-22(39)3)17-21(2)38-47-34)40(28)19-25(29(30)41)31(42)37-18-23-11-12-24(35)16-26(23)36/h11-12,16,19,22,27H,4-10,13-15,17-18,20H2,1-3H3,(H,37,42)/t22-,27+,34-/m0/s1. The minimum absolute atomic E-state index is 0.00210. The van der Waals surface area contributed by atoms with E-state index in [1.807, 2.05) is 13.8 Å². The first kappa shape index (κ1) is 34.1. The largest absolute Gasteiger partial charge is 0.514 e. The van der Waals surface area contributed by atoms with Crippen LogP contribution in [-0.4, -0.2) is 57.9 Å². The zero-order valence-electron chi connectivity index (χ0n) is 27.1. The number of oxime groups is 1. The monoisotopic (exact) mass is 656 g/mol. The lowest BCUT2D eigenvalue weighted by Crippen LogP contribution is -2.52. The van der Waals surface area contributed by atoms with Gasteiger partial charge < -0.3 is 29.1 Å². The van der Waals surface area contributed by atoms with Crippen molar-refractivity contribution in [1.82, 2.24) is 14.8 Å². The summed E-state index contributed by atoms with van der Waals surface area (Å²) in [6.07, 6.45) is 8.72. The Morgan fingerprint density at radius 2 is 1.87 bits per heavy atom. The fourth-order valence-electron chi connectivity index (χ4n) is 6.63. The van der Waals surface area contributed by atoms with Crippen LogP contribution in [0.4, 0.5) is 13.6 Å². The lowest BCUT2D eigenvalue weighted by molar-refractivity contribution is -0.0655. The van der Waals surface area contributed by atoms with Crippen LogP contribution in [0.1, 0.15) is 117 Å². The Balaban J connectivity index is 1.46. The fraction of sp³-hybridized carbons (Fsp3) is 0.559. The van der Waals surface area contributed by atoms with Crippen LogP contribution in [0.15, 0.2) is 34.3 Å². The van der Waals surface area contributed by atoms with E-state index in [4.69, 9.17) is 14.3 Å². The van der Waals surface area contributed by atoms with Crippen LogP contribution in [0.5, 0.6) is 5.75 Å². The number of halogens is 2. The van der Waals surface area contributed by atoms with Gasteiger partial charge >= 0.3 is 6.16 Å². The van der Waals surface area contributed by atoms with Gasteiger partial charge in [-0.2, -0.15) is 0 Å². The van der Waals surface area contributed by atoms with Gasteiger partial charge in [-0.25, -0.2) is 13.6 Å². The quantitative estimate of drug-likeness (QED) is 0.218. The van der Waals surface area contributed by atoms with Crippen molar-refractivity contribution in [2.24, 2.45) is 5.16 Å². The summed E-state index contributed by atoms with van der Waals surface area (Å²) in [5, 5.41) is 6.69. The van der Waals surface area contributed by atoms with Gasteiger partial charge in [0.1, 0.15) is 17.2 Å². The second-order valence-corrected chi connectivity index (χ2v) is 12.7. The van der Waals surface area contributed by atoms with Crippen molar-refractivity contribution in [3.63, 3.8) is 0 Å². The van der Waals surface area contributed by atoms with E-state index in [1.165, 1.54) is 23.3 Å². The topological polar surface area (TPSA) is 129 Å². The fourth-order valence-corrected chi connectivity index (χ4v) is 6.63. The van der Waals surface area contributed by atoms with E-state index in [9.17, 15) is 28.0 Å². The molecular weight excluding hydrogens is 614 g/mol. The lowest BCUT2D eigenvalue weighted by Gasteiger charge is -2.42. The zero-order valence-corrected chi connectivity index (χ0v) is 27.1. The van der Waals surface area contributed by atoms with Crippen LogP contribution in [0, 0.1) is 11.6 Å². The van der Waals surface area contributed by atoms with Gasteiger partial charge in [0.25, 0.3) is 11.8 Å². The van der Waals surface area contributed by atoms with Crippen LogP contribution in [0.2, 0.25) is 0 Å². The van der Waals surface area contributed by atoms with E-state index in [-0.39, 0.29) is 37.0 Å². The van der Waals surface area contributed by atoms with Crippen molar-refractivity contribution in [2.75, 3.05) is 13.2 Å². The third kappa shape index (κ3) is 7.33. The van der Waals surface area contributed by atoms with Gasteiger partial charge in [-0.1, -0.05) is 56.7 Å². The molecule has 1 saturated heterocycles. The highest BCUT2D eigenvalue weighted by atomic mass is 19.1. The maximum atomic E-state index is 14.3. The first-order chi connectivity index (χ1) is 22.5. The van der Waals surface area contributed by atoms with Gasteiger partial charge in [0.15, 0.2) is 11.3 Å². The smallest absolute Gasteiger partial charge is 0.434 e. The second-order valence-electron chi connectivity index (χ2n) is 12.7. The number of carbonyl (C=O) groups excluding carboxylic acids is 3. The average Bonchev–Trinajstić information content (AvgIpc) is 3.37. The van der Waals surface area contributed by atoms with Crippen molar-refractivity contribution >= 4 is 23.7 Å². The molecule has 2 aromatic rings. The van der Waals surface area contributed by atoms with E-state index in [1.54, 1.807) is 4.90 Å². The lowest BCUT2D eigenvalue weighted by atomic mass is 9.84. The van der Waals surface area contributed by atoms with Gasteiger partial charge in [0, 0.05) is 43.4 Å². The molecule has 2 bridgehead atoms. The Labute approximate surface area is 272 Å². The number of nitrogens with one attached hydrogen (secondary N) is 1. The summed E-state index contributed by atoms with van der Waals surface area (Å²) in [6, 6.07) is 2.12. The molecule has 4 heterocycles. The van der Waals surface area contributed by atoms with Crippen LogP contribution in [0.3, 0.4) is 0 Å². The predicted octanol–water partition coefficient (Wildman–Crippen LogP) is 6.04. The maximum absolute atomic E-state index is 14.3. The van der Waals surface area contributed by atoms with Gasteiger partial charge in [0.2, 0.25) is 11.2 Å². The Morgan fingerprint density at radius 1 is 1.13 bits per heavy atom. The molecule has 1 spiro atoms. The second kappa shape index (κ2) is 14.6. The van der Waals surface area contributed by atoms with Crippen molar-refractivity contribution in [3.8, 4) is 5.75 Å². The molecule has 254 valence electrons. The molecule has 1 fully saturated rings. The average molecular weight is 657 g/mol. The summed E-state index contributed by atoms with van der Waals surface area (Å²) in [4.78, 5) is 61.9. The molecule has 3 aliphatic rings. The highest BCUT2D eigenvalue weighted by Crippen LogP contribution is 2.46. The van der Waals surface area contributed by atoms with Crippen LogP contribution in [0.25, 0.3) is 0 Å². The third-order valence-electron chi connectivity index (χ3n) is 9.28. The number of amides is 2. The van der Waals surface area contributed by atoms with E-state index < -0.39 is 58.0 Å². The molecule has 11 nitrogen and oxygen atoms in total. The molecule has 1 N–H and O–H groups in total. The summed E-state index contributed by atoms with van der Waals surface area (Å²) >= 11 is 0. The first-order valence-corrected chi connectivity index (χ1v) is 16.4. The molecule has 0 unspecified atom stereocenters. The molecule has 2 amide bonds. The normalized spacial score (nSPS) is 21.5. The highest BCUT2D eigenvalue weighted by Gasteiger charge is 2.54. The highest BCUT2D eigenvalue weighted by molar-refractivity contribution is 6.00. The Bertz CT molecular complexity index is 1610. The van der Waals surface area contributed by atoms with Gasteiger partial charge in [-0.3, -0.25) is 14.4 Å². The molecular formula is C34H42F2N4O7. The van der Waals surface area contributed by atoms with Gasteiger partial charge in [0.05, 0.1) is 18.4 Å². The van der Waals surface area contributed by atoms with E-state index >= 15 is 0 Å². The number of hydrogen-bond donors (Lipinski definition) is 1. The summed E-state index contributed by atoms with van der Waals surface area (Å²) < 4.78 is 39.9. The van der Waals surface area contributed by atoms with Gasteiger partial charge in [-0.15, -0.1) is 0 Å². The number of fused-ring (bicyclic) bond motifs is 5. The third-order valence-corrected chi connectivity index (χ3v) is 9.28. The molecule has 0 radical (unpaired) electrons. The SMILES string of the molecule is CCCCCCCCCOC(=O)Oc1c2n(cc(C(=O)NCc3ccc(F)cc3F)c1=O)[C@@H]1CN(C2=O)[C@@H](C)CC[C@]12CC(C)=NO2. The molecule has 0 saturated carbocycles. The van der Waals surface area contributed by atoms with Crippen molar-refractivity contribution in [3.05, 3.63) is 63.1 Å². The molecule has 13 heteroatoms. The molecule has 3 atom stereocenters. The summed E-state index contributed by atoms with van der Waals surface area (Å²) in [6.45, 7) is 5.81. The van der Waals surface area contributed by atoms with Crippen LogP contribution < -0.4 is 15.5 Å². The number of pyridine rings is 1. The number of hydrogen-bond acceptors (Lipinski definition) is 8. The number of rotatable bonds is 12. The Hall–Kier alpha value is -4.29. The Morgan fingerprint density at radius 3 is 2.57 bits per heavy atom. The first-order valence-electron chi connectivity index (χ1n) is 16.4. The number of carbonyl (C=O) groups is 3. The molecule has 47 heavy (non-hydrogen) atoms. The van der Waals surface area contributed by atoms with Crippen molar-refractivity contribution in [2.45, 2.75) is 109 Å². The number of nitrogens with zero attached hydrogens (tertiary/aromatic N) is 3. The Kier molecular flexibility index (Phi) is 10.6.